The fourth-order valence-corrected chi connectivity index (χ4v) is 4.08. The first-order valence-electron chi connectivity index (χ1n) is 7.57. The van der Waals surface area contributed by atoms with Gasteiger partial charge in [-0.25, -0.2) is 17.8 Å². The van der Waals surface area contributed by atoms with Crippen LogP contribution < -0.4 is 17.0 Å². The maximum atomic E-state index is 13.0. The molecule has 1 aromatic carbocycles. The Balaban J connectivity index is 2.28. The van der Waals surface area contributed by atoms with E-state index in [1.807, 2.05) is 0 Å². The van der Waals surface area contributed by atoms with Crippen molar-refractivity contribution < 1.29 is 21.6 Å². The van der Waals surface area contributed by atoms with E-state index in [0.717, 1.165) is 24.8 Å². The molecule has 0 saturated heterocycles. The molecule has 0 bridgehead atoms. The van der Waals surface area contributed by atoms with Crippen molar-refractivity contribution in [1.82, 2.24) is 13.5 Å². The average molecular weight is 434 g/mol. The van der Waals surface area contributed by atoms with Crippen molar-refractivity contribution in [1.29, 1.82) is 0 Å². The monoisotopic (exact) mass is 434 g/mol. The summed E-state index contributed by atoms with van der Waals surface area (Å²) in [7, 11) is -2.78. The number of fused-ring (bicyclic) bond motifs is 1. The van der Waals surface area contributed by atoms with E-state index in [2.05, 4.69) is 4.37 Å². The normalized spacial score (nSPS) is 13.8. The van der Waals surface area contributed by atoms with Crippen LogP contribution in [0, 0.1) is 0 Å². The minimum atomic E-state index is -4.87. The first kappa shape index (κ1) is 20.2. The number of sulfone groups is 1. The lowest BCUT2D eigenvalue weighted by atomic mass is 10.2. The SMILES string of the molecule is Cn1c(C(F)(F)F)cc(=O)n(-c2ccc3snc(C(N)S(C)(=O)=O)c3c2)c1=O. The molecule has 3 aromatic rings. The molecule has 8 nitrogen and oxygen atoms in total. The molecule has 28 heavy (non-hydrogen) atoms. The number of nitrogens with two attached hydrogens (primary N) is 1. The summed E-state index contributed by atoms with van der Waals surface area (Å²) in [6.07, 6.45) is -3.94. The van der Waals surface area contributed by atoms with Gasteiger partial charge < -0.3 is 5.73 Å². The van der Waals surface area contributed by atoms with Crippen LogP contribution in [0.25, 0.3) is 15.8 Å². The van der Waals surface area contributed by atoms with Gasteiger partial charge in [0.2, 0.25) is 0 Å². The van der Waals surface area contributed by atoms with Crippen LogP contribution in [0.5, 0.6) is 0 Å². The zero-order valence-corrected chi connectivity index (χ0v) is 16.0. The summed E-state index contributed by atoms with van der Waals surface area (Å²) in [4.78, 5) is 24.6. The van der Waals surface area contributed by atoms with E-state index >= 15 is 0 Å². The highest BCUT2D eigenvalue weighted by molar-refractivity contribution is 7.90. The van der Waals surface area contributed by atoms with E-state index in [1.165, 1.54) is 18.2 Å². The van der Waals surface area contributed by atoms with Gasteiger partial charge in [-0.15, -0.1) is 0 Å². The van der Waals surface area contributed by atoms with Gasteiger partial charge in [-0.05, 0) is 29.7 Å². The topological polar surface area (TPSA) is 117 Å². The molecule has 0 aliphatic rings. The van der Waals surface area contributed by atoms with Gasteiger partial charge in [-0.3, -0.25) is 9.36 Å². The van der Waals surface area contributed by atoms with Crippen LogP contribution in [-0.4, -0.2) is 28.2 Å². The van der Waals surface area contributed by atoms with E-state index in [4.69, 9.17) is 5.73 Å². The van der Waals surface area contributed by atoms with E-state index in [-0.39, 0.29) is 16.8 Å². The molecule has 2 aromatic heterocycles. The smallest absolute Gasteiger partial charge is 0.310 e. The lowest BCUT2D eigenvalue weighted by Gasteiger charge is -2.14. The molecule has 0 spiro atoms. The quantitative estimate of drug-likeness (QED) is 0.661. The van der Waals surface area contributed by atoms with Crippen molar-refractivity contribution in [3.05, 3.63) is 56.5 Å². The van der Waals surface area contributed by atoms with Gasteiger partial charge in [0.1, 0.15) is 5.69 Å². The Labute approximate surface area is 159 Å². The fourth-order valence-electron chi connectivity index (χ4n) is 2.63. The first-order valence-corrected chi connectivity index (χ1v) is 10.3. The molecular formula is C15H13F3N4O4S2. The van der Waals surface area contributed by atoms with Crippen molar-refractivity contribution in [2.45, 2.75) is 11.6 Å². The Morgan fingerprint density at radius 2 is 1.86 bits per heavy atom. The molecule has 0 saturated carbocycles. The van der Waals surface area contributed by atoms with E-state index < -0.39 is 38.3 Å². The first-order chi connectivity index (χ1) is 12.8. The van der Waals surface area contributed by atoms with Crippen molar-refractivity contribution in [2.75, 3.05) is 6.26 Å². The molecule has 0 radical (unpaired) electrons. The third kappa shape index (κ3) is 3.36. The van der Waals surface area contributed by atoms with Crippen LogP contribution in [0.4, 0.5) is 13.2 Å². The van der Waals surface area contributed by atoms with Gasteiger partial charge in [0.25, 0.3) is 5.56 Å². The molecule has 1 unspecified atom stereocenters. The maximum absolute atomic E-state index is 13.0. The highest BCUT2D eigenvalue weighted by Crippen LogP contribution is 2.30. The Morgan fingerprint density at radius 1 is 1.21 bits per heavy atom. The van der Waals surface area contributed by atoms with Crippen molar-refractivity contribution in [2.24, 2.45) is 12.8 Å². The van der Waals surface area contributed by atoms with Crippen LogP contribution in [-0.2, 0) is 23.1 Å². The summed E-state index contributed by atoms with van der Waals surface area (Å²) in [6.45, 7) is 0. The number of benzene rings is 1. The third-order valence-corrected chi connectivity index (χ3v) is 6.07. The van der Waals surface area contributed by atoms with Crippen LogP contribution in [0.2, 0.25) is 0 Å². The fraction of sp³-hybridized carbons (Fsp3) is 0.267. The van der Waals surface area contributed by atoms with Gasteiger partial charge >= 0.3 is 11.9 Å². The van der Waals surface area contributed by atoms with Crippen molar-refractivity contribution >= 4 is 31.5 Å². The second-order valence-electron chi connectivity index (χ2n) is 6.04. The average Bonchev–Trinajstić information content (AvgIpc) is 2.98. The van der Waals surface area contributed by atoms with Crippen LogP contribution >= 0.6 is 11.5 Å². The third-order valence-electron chi connectivity index (χ3n) is 4.08. The van der Waals surface area contributed by atoms with E-state index in [9.17, 15) is 31.2 Å². The van der Waals surface area contributed by atoms with Gasteiger partial charge in [0.15, 0.2) is 15.2 Å². The number of nitrogens with zero attached hydrogens (tertiary/aromatic N) is 3. The number of rotatable bonds is 3. The van der Waals surface area contributed by atoms with Gasteiger partial charge in [-0.1, -0.05) is 0 Å². The maximum Gasteiger partial charge on any atom is 0.431 e. The predicted octanol–water partition coefficient (Wildman–Crippen LogP) is 1.17. The molecule has 2 N–H and O–H groups in total. The van der Waals surface area contributed by atoms with Gasteiger partial charge in [0, 0.05) is 24.8 Å². The summed E-state index contributed by atoms with van der Waals surface area (Å²) < 4.78 is 67.8. The molecule has 13 heteroatoms. The minimum absolute atomic E-state index is 0.0288. The number of hydrogen-bond donors (Lipinski definition) is 1. The summed E-state index contributed by atoms with van der Waals surface area (Å²) in [5.41, 5.74) is 1.97. The zero-order chi connectivity index (χ0) is 21.0. The standard InChI is InChI=1S/C15H13F3N4O4S2/c1-21-10(15(16,17)18)6-11(23)22(14(21)24)7-3-4-9-8(5-7)12(20-27-9)13(19)28(2,25)26/h3-6,13H,19H2,1-2H3. The summed E-state index contributed by atoms with van der Waals surface area (Å²) in [5.74, 6) is 0. The molecular weight excluding hydrogens is 421 g/mol. The summed E-state index contributed by atoms with van der Waals surface area (Å²) in [5, 5.41) is -1.14. The number of hydrogen-bond acceptors (Lipinski definition) is 7. The molecule has 0 aliphatic heterocycles. The van der Waals surface area contributed by atoms with Crippen LogP contribution in [0.15, 0.2) is 33.9 Å². The second kappa shape index (κ2) is 6.53. The number of halogens is 3. The summed E-state index contributed by atoms with van der Waals surface area (Å²) in [6, 6.07) is 4.45. The van der Waals surface area contributed by atoms with Gasteiger partial charge in [-0.2, -0.15) is 17.5 Å². The summed E-state index contributed by atoms with van der Waals surface area (Å²) >= 11 is 0.966. The number of alkyl halides is 3. The van der Waals surface area contributed by atoms with Crippen molar-refractivity contribution in [3.63, 3.8) is 0 Å². The molecule has 2 heterocycles. The zero-order valence-electron chi connectivity index (χ0n) is 14.4. The van der Waals surface area contributed by atoms with E-state index in [1.54, 1.807) is 0 Å². The number of aromatic nitrogens is 3. The van der Waals surface area contributed by atoms with Crippen molar-refractivity contribution in [3.8, 4) is 5.69 Å². The Hall–Kier alpha value is -2.51. The minimum Gasteiger partial charge on any atom is -0.310 e. The molecule has 0 aliphatic carbocycles. The molecule has 3 rings (SSSR count). The lowest BCUT2D eigenvalue weighted by Crippen LogP contribution is -2.40. The lowest BCUT2D eigenvalue weighted by molar-refractivity contribution is -0.144. The second-order valence-corrected chi connectivity index (χ2v) is 9.01. The van der Waals surface area contributed by atoms with Crippen LogP contribution in [0.1, 0.15) is 16.8 Å². The predicted molar refractivity (Wildman–Crippen MR) is 97.2 cm³/mol. The molecule has 1 atom stereocenters. The Morgan fingerprint density at radius 3 is 2.43 bits per heavy atom. The Bertz CT molecular complexity index is 1310. The Kier molecular flexibility index (Phi) is 4.72. The molecule has 0 amide bonds. The highest BCUT2D eigenvalue weighted by atomic mass is 32.2. The van der Waals surface area contributed by atoms with Gasteiger partial charge in [0.05, 0.1) is 16.1 Å². The van der Waals surface area contributed by atoms with Crippen LogP contribution in [0.3, 0.4) is 0 Å². The largest absolute Gasteiger partial charge is 0.431 e. The molecule has 0 fully saturated rings. The molecule has 150 valence electrons. The highest BCUT2D eigenvalue weighted by Gasteiger charge is 2.35. The van der Waals surface area contributed by atoms with E-state index in [0.29, 0.717) is 19.9 Å².